The van der Waals surface area contributed by atoms with Gasteiger partial charge in [-0.2, -0.15) is 0 Å². The molecule has 7 heteroatoms. The van der Waals surface area contributed by atoms with Crippen molar-refractivity contribution in [1.29, 1.82) is 0 Å². The largest absolute Gasteiger partial charge is 0.486 e. The van der Waals surface area contributed by atoms with Gasteiger partial charge in [0.2, 0.25) is 0 Å². The molecular formula is C21H25N3O4. The van der Waals surface area contributed by atoms with Crippen LogP contribution in [0.4, 0.5) is 5.82 Å². The van der Waals surface area contributed by atoms with Gasteiger partial charge < -0.3 is 24.4 Å². The van der Waals surface area contributed by atoms with E-state index in [2.05, 4.69) is 29.0 Å². The number of ether oxygens (including phenoxy) is 3. The average molecular weight is 383 g/mol. The molecule has 2 aliphatic heterocycles. The number of rotatable bonds is 4. The first-order chi connectivity index (χ1) is 13.6. The van der Waals surface area contributed by atoms with Crippen LogP contribution in [0.25, 0.3) is 0 Å². The molecule has 1 fully saturated rings. The van der Waals surface area contributed by atoms with E-state index in [4.69, 9.17) is 14.2 Å². The zero-order valence-corrected chi connectivity index (χ0v) is 16.2. The molecule has 0 radical (unpaired) electrons. The van der Waals surface area contributed by atoms with Gasteiger partial charge in [0.25, 0.3) is 5.91 Å². The average Bonchev–Trinajstić information content (AvgIpc) is 2.71. The Morgan fingerprint density at radius 1 is 1.11 bits per heavy atom. The molecular weight excluding hydrogens is 358 g/mol. The second-order valence-electron chi connectivity index (χ2n) is 7.23. The maximum absolute atomic E-state index is 12.4. The SMILES string of the molecule is CC1CN(c2ccc(CNC(=O)c3ccc4c(c3)OCCO4)cn2)CC(C)O1. The lowest BCUT2D eigenvalue weighted by molar-refractivity contribution is -0.00546. The molecule has 1 N–H and O–H groups in total. The number of pyridine rings is 1. The van der Waals surface area contributed by atoms with E-state index in [9.17, 15) is 4.79 Å². The number of hydrogen-bond donors (Lipinski definition) is 1. The summed E-state index contributed by atoms with van der Waals surface area (Å²) in [5, 5.41) is 2.93. The molecule has 2 unspecified atom stereocenters. The molecule has 0 bridgehead atoms. The molecule has 3 heterocycles. The predicted molar refractivity (Wildman–Crippen MR) is 105 cm³/mol. The number of amides is 1. The van der Waals surface area contributed by atoms with Gasteiger partial charge in [0.05, 0.1) is 12.2 Å². The van der Waals surface area contributed by atoms with Gasteiger partial charge in [0.15, 0.2) is 11.5 Å². The highest BCUT2D eigenvalue weighted by atomic mass is 16.6. The number of nitrogens with zero attached hydrogens (tertiary/aromatic N) is 2. The number of morpholine rings is 1. The minimum Gasteiger partial charge on any atom is -0.486 e. The molecule has 4 rings (SSSR count). The van der Waals surface area contributed by atoms with Gasteiger partial charge in [0.1, 0.15) is 19.0 Å². The fraction of sp³-hybridized carbons (Fsp3) is 0.429. The van der Waals surface area contributed by atoms with E-state index < -0.39 is 0 Å². The zero-order valence-electron chi connectivity index (χ0n) is 16.2. The summed E-state index contributed by atoms with van der Waals surface area (Å²) < 4.78 is 16.8. The van der Waals surface area contributed by atoms with Crippen LogP contribution in [0.2, 0.25) is 0 Å². The highest BCUT2D eigenvalue weighted by Gasteiger charge is 2.23. The Kier molecular flexibility index (Phi) is 5.34. The Balaban J connectivity index is 1.35. The Morgan fingerprint density at radius 2 is 1.86 bits per heavy atom. The molecule has 7 nitrogen and oxygen atoms in total. The number of nitrogens with one attached hydrogen (secondary N) is 1. The van der Waals surface area contributed by atoms with Crippen molar-refractivity contribution in [3.05, 3.63) is 47.7 Å². The summed E-state index contributed by atoms with van der Waals surface area (Å²) in [5.74, 6) is 2.06. The smallest absolute Gasteiger partial charge is 0.251 e. The van der Waals surface area contributed by atoms with E-state index >= 15 is 0 Å². The number of hydrogen-bond acceptors (Lipinski definition) is 6. The van der Waals surface area contributed by atoms with E-state index in [1.165, 1.54) is 0 Å². The van der Waals surface area contributed by atoms with Crippen molar-refractivity contribution in [3.8, 4) is 11.5 Å². The van der Waals surface area contributed by atoms with Crippen LogP contribution in [-0.2, 0) is 11.3 Å². The van der Waals surface area contributed by atoms with Gasteiger partial charge in [-0.05, 0) is 43.7 Å². The Bertz CT molecular complexity index is 830. The fourth-order valence-corrected chi connectivity index (χ4v) is 3.54. The number of fused-ring (bicyclic) bond motifs is 1. The third kappa shape index (κ3) is 4.20. The number of carbonyl (C=O) groups is 1. The molecule has 28 heavy (non-hydrogen) atoms. The first-order valence-corrected chi connectivity index (χ1v) is 9.61. The summed E-state index contributed by atoms with van der Waals surface area (Å²) in [6.07, 6.45) is 2.19. The maximum atomic E-state index is 12.4. The second kappa shape index (κ2) is 8.06. The van der Waals surface area contributed by atoms with Gasteiger partial charge >= 0.3 is 0 Å². The summed E-state index contributed by atoms with van der Waals surface area (Å²) in [6, 6.07) is 9.22. The van der Waals surface area contributed by atoms with Crippen LogP contribution in [0.15, 0.2) is 36.5 Å². The molecule has 2 atom stereocenters. The lowest BCUT2D eigenvalue weighted by atomic mass is 10.1. The molecule has 1 saturated heterocycles. The lowest BCUT2D eigenvalue weighted by Crippen LogP contribution is -2.45. The van der Waals surface area contributed by atoms with Crippen molar-refractivity contribution in [2.24, 2.45) is 0 Å². The van der Waals surface area contributed by atoms with Crippen molar-refractivity contribution in [2.75, 3.05) is 31.2 Å². The van der Waals surface area contributed by atoms with Crippen molar-refractivity contribution in [2.45, 2.75) is 32.6 Å². The summed E-state index contributed by atoms with van der Waals surface area (Å²) in [7, 11) is 0. The summed E-state index contributed by atoms with van der Waals surface area (Å²) in [5.41, 5.74) is 1.49. The van der Waals surface area contributed by atoms with Crippen molar-refractivity contribution in [3.63, 3.8) is 0 Å². The Hall–Kier alpha value is -2.80. The topological polar surface area (TPSA) is 72.9 Å². The fourth-order valence-electron chi connectivity index (χ4n) is 3.54. The monoisotopic (exact) mass is 383 g/mol. The van der Waals surface area contributed by atoms with Crippen LogP contribution >= 0.6 is 0 Å². The van der Waals surface area contributed by atoms with E-state index in [1.807, 2.05) is 18.3 Å². The molecule has 2 aliphatic rings. The standard InChI is InChI=1S/C21H25N3O4/c1-14-12-24(13-15(2)28-14)20-6-3-16(10-22-20)11-23-21(25)17-4-5-18-19(9-17)27-8-7-26-18/h3-6,9-10,14-15H,7-8,11-13H2,1-2H3,(H,23,25). The van der Waals surface area contributed by atoms with Gasteiger partial charge in [-0.15, -0.1) is 0 Å². The van der Waals surface area contributed by atoms with Crippen LogP contribution in [0.5, 0.6) is 11.5 Å². The highest BCUT2D eigenvalue weighted by Crippen LogP contribution is 2.30. The second-order valence-corrected chi connectivity index (χ2v) is 7.23. The normalized spacial score (nSPS) is 21.3. The molecule has 1 aromatic heterocycles. The molecule has 2 aromatic rings. The van der Waals surface area contributed by atoms with Gasteiger partial charge in [-0.25, -0.2) is 4.98 Å². The van der Waals surface area contributed by atoms with Crippen LogP contribution in [0.3, 0.4) is 0 Å². The van der Waals surface area contributed by atoms with Crippen LogP contribution in [0.1, 0.15) is 29.8 Å². The van der Waals surface area contributed by atoms with Gasteiger partial charge in [0, 0.05) is 31.4 Å². The summed E-state index contributed by atoms with van der Waals surface area (Å²) in [6.45, 7) is 7.25. The summed E-state index contributed by atoms with van der Waals surface area (Å²) >= 11 is 0. The molecule has 0 aliphatic carbocycles. The summed E-state index contributed by atoms with van der Waals surface area (Å²) in [4.78, 5) is 19.2. The minimum atomic E-state index is -0.156. The van der Waals surface area contributed by atoms with Gasteiger partial charge in [-0.1, -0.05) is 6.07 Å². The number of carbonyl (C=O) groups excluding carboxylic acids is 1. The zero-order chi connectivity index (χ0) is 19.5. The Labute approximate surface area is 164 Å². The lowest BCUT2D eigenvalue weighted by Gasteiger charge is -2.36. The highest BCUT2D eigenvalue weighted by molar-refractivity contribution is 5.94. The van der Waals surface area contributed by atoms with E-state index in [-0.39, 0.29) is 18.1 Å². The third-order valence-corrected chi connectivity index (χ3v) is 4.81. The van der Waals surface area contributed by atoms with Crippen molar-refractivity contribution < 1.29 is 19.0 Å². The minimum absolute atomic E-state index is 0.156. The van der Waals surface area contributed by atoms with Gasteiger partial charge in [-0.3, -0.25) is 4.79 Å². The molecule has 0 spiro atoms. The number of aromatic nitrogens is 1. The van der Waals surface area contributed by atoms with Crippen molar-refractivity contribution >= 4 is 11.7 Å². The number of anilines is 1. The molecule has 148 valence electrons. The van der Waals surface area contributed by atoms with E-state index in [0.29, 0.717) is 36.8 Å². The predicted octanol–water partition coefficient (Wildman–Crippen LogP) is 2.40. The van der Waals surface area contributed by atoms with Crippen LogP contribution < -0.4 is 19.7 Å². The van der Waals surface area contributed by atoms with E-state index in [0.717, 1.165) is 24.5 Å². The number of benzene rings is 1. The molecule has 1 amide bonds. The quantitative estimate of drug-likeness (QED) is 0.874. The first kappa shape index (κ1) is 18.6. The third-order valence-electron chi connectivity index (χ3n) is 4.81. The molecule has 1 aromatic carbocycles. The van der Waals surface area contributed by atoms with Crippen LogP contribution in [-0.4, -0.2) is 49.4 Å². The first-order valence-electron chi connectivity index (χ1n) is 9.61. The maximum Gasteiger partial charge on any atom is 0.251 e. The Morgan fingerprint density at radius 3 is 2.57 bits per heavy atom. The van der Waals surface area contributed by atoms with Crippen molar-refractivity contribution in [1.82, 2.24) is 10.3 Å². The molecule has 0 saturated carbocycles. The van der Waals surface area contributed by atoms with E-state index in [1.54, 1.807) is 18.2 Å². The van der Waals surface area contributed by atoms with Crippen LogP contribution in [0, 0.1) is 0 Å².